The molecule has 26 heavy (non-hydrogen) atoms. The molecule has 2 aliphatic rings. The van der Waals surface area contributed by atoms with Crippen molar-refractivity contribution in [3.05, 3.63) is 16.9 Å². The largest absolute Gasteiger partial charge is 0.475 e. The fourth-order valence-electron chi connectivity index (χ4n) is 3.37. The monoisotopic (exact) mass is 376 g/mol. The van der Waals surface area contributed by atoms with Crippen molar-refractivity contribution < 1.29 is 9.53 Å². The number of halogens is 1. The van der Waals surface area contributed by atoms with E-state index < -0.39 is 0 Å². The minimum Gasteiger partial charge on any atom is -0.475 e. The van der Waals surface area contributed by atoms with Gasteiger partial charge < -0.3 is 15.4 Å². The van der Waals surface area contributed by atoms with Crippen LogP contribution >= 0.6 is 11.6 Å². The third kappa shape index (κ3) is 3.33. The fraction of sp³-hybridized carbons (Fsp3) is 0.529. The number of Topliss-reactive ketones (excluding diaryl/α,β-unsaturated/α-hetero) is 1. The van der Waals surface area contributed by atoms with Crippen LogP contribution < -0.4 is 15.4 Å². The summed E-state index contributed by atoms with van der Waals surface area (Å²) in [6.45, 7) is 3.21. The van der Waals surface area contributed by atoms with Gasteiger partial charge in [0.25, 0.3) is 5.88 Å². The van der Waals surface area contributed by atoms with Gasteiger partial charge in [-0.2, -0.15) is 4.98 Å². The molecule has 9 heteroatoms. The van der Waals surface area contributed by atoms with E-state index in [0.29, 0.717) is 54.4 Å². The van der Waals surface area contributed by atoms with Gasteiger partial charge in [0, 0.05) is 19.4 Å². The fourth-order valence-corrected chi connectivity index (χ4v) is 3.53. The van der Waals surface area contributed by atoms with E-state index in [1.165, 1.54) is 0 Å². The Morgan fingerprint density at radius 2 is 2.15 bits per heavy atom. The summed E-state index contributed by atoms with van der Waals surface area (Å²) in [6.07, 6.45) is 5.21. The van der Waals surface area contributed by atoms with E-state index in [4.69, 9.17) is 16.3 Å². The summed E-state index contributed by atoms with van der Waals surface area (Å²) >= 11 is 6.15. The number of hydrogen-bond acceptors (Lipinski definition) is 7. The Kier molecular flexibility index (Phi) is 4.67. The molecule has 2 bridgehead atoms. The van der Waals surface area contributed by atoms with Gasteiger partial charge >= 0.3 is 0 Å². The zero-order chi connectivity index (χ0) is 18.1. The van der Waals surface area contributed by atoms with Crippen molar-refractivity contribution in [2.24, 2.45) is 0 Å². The number of aromatic nitrogens is 4. The van der Waals surface area contributed by atoms with E-state index in [1.54, 1.807) is 6.20 Å². The van der Waals surface area contributed by atoms with Crippen LogP contribution in [0.3, 0.4) is 0 Å². The molecule has 2 aromatic heterocycles. The van der Waals surface area contributed by atoms with Crippen molar-refractivity contribution >= 4 is 34.8 Å². The smallest absolute Gasteiger partial charge is 0.257 e. The quantitative estimate of drug-likeness (QED) is 0.788. The summed E-state index contributed by atoms with van der Waals surface area (Å²) in [5.74, 6) is 1.91. The van der Waals surface area contributed by atoms with E-state index in [1.807, 2.05) is 11.6 Å². The second kappa shape index (κ2) is 7.11. The maximum atomic E-state index is 11.5. The molecule has 4 rings (SSSR count). The normalized spacial score (nSPS) is 18.2. The van der Waals surface area contributed by atoms with E-state index in [2.05, 4.69) is 25.7 Å². The summed E-state index contributed by atoms with van der Waals surface area (Å²) in [7, 11) is 0. The highest BCUT2D eigenvalue weighted by molar-refractivity contribution is 6.32. The standard InChI is InChI=1S/C17H21ClN6O2/c1-10-14-16(23-24(10)11-3-5-12(25)6-4-11)26-8-2-7-19-15-13(18)9-20-17(21-14)22-15/h9,11H,2-8H2,1H3,(H2,19,20,21,22). The molecule has 0 radical (unpaired) electrons. The molecule has 0 unspecified atom stereocenters. The lowest BCUT2D eigenvalue weighted by molar-refractivity contribution is -0.120. The molecule has 0 spiro atoms. The Balaban J connectivity index is 1.69. The Morgan fingerprint density at radius 3 is 2.96 bits per heavy atom. The maximum absolute atomic E-state index is 11.5. The maximum Gasteiger partial charge on any atom is 0.257 e. The second-order valence-corrected chi connectivity index (χ2v) is 7.03. The average Bonchev–Trinajstić information content (AvgIpc) is 2.92. The molecule has 1 aliphatic heterocycles. The highest BCUT2D eigenvalue weighted by Gasteiger charge is 2.26. The zero-order valence-electron chi connectivity index (χ0n) is 14.6. The molecule has 0 atom stereocenters. The summed E-state index contributed by atoms with van der Waals surface area (Å²) in [5, 5.41) is 11.6. The third-order valence-corrected chi connectivity index (χ3v) is 5.09. The first kappa shape index (κ1) is 17.1. The number of carbonyl (C=O) groups excluding carboxylic acids is 1. The van der Waals surface area contributed by atoms with Gasteiger partial charge in [-0.15, -0.1) is 5.10 Å². The highest BCUT2D eigenvalue weighted by atomic mass is 35.5. The van der Waals surface area contributed by atoms with E-state index in [0.717, 1.165) is 30.6 Å². The predicted molar refractivity (Wildman–Crippen MR) is 98.4 cm³/mol. The van der Waals surface area contributed by atoms with Gasteiger partial charge in [-0.25, -0.2) is 4.98 Å². The van der Waals surface area contributed by atoms with E-state index in [-0.39, 0.29) is 6.04 Å². The van der Waals surface area contributed by atoms with Crippen molar-refractivity contribution in [1.29, 1.82) is 0 Å². The van der Waals surface area contributed by atoms with Crippen LogP contribution in [-0.2, 0) is 4.79 Å². The van der Waals surface area contributed by atoms with Gasteiger partial charge in [-0.3, -0.25) is 9.48 Å². The third-order valence-electron chi connectivity index (χ3n) is 4.81. The second-order valence-electron chi connectivity index (χ2n) is 6.62. The van der Waals surface area contributed by atoms with Crippen molar-refractivity contribution in [3.63, 3.8) is 0 Å². The number of carbonyl (C=O) groups is 1. The molecule has 8 nitrogen and oxygen atoms in total. The van der Waals surface area contributed by atoms with Gasteiger partial charge in [0.15, 0.2) is 5.82 Å². The number of hydrogen-bond donors (Lipinski definition) is 2. The zero-order valence-corrected chi connectivity index (χ0v) is 15.3. The van der Waals surface area contributed by atoms with Crippen molar-refractivity contribution in [2.75, 3.05) is 23.8 Å². The number of anilines is 3. The first-order chi connectivity index (χ1) is 12.6. The summed E-state index contributed by atoms with van der Waals surface area (Å²) in [5.41, 5.74) is 1.71. The minimum atomic E-state index is 0.210. The molecule has 138 valence electrons. The molecular weight excluding hydrogens is 356 g/mol. The van der Waals surface area contributed by atoms with Crippen LogP contribution in [-0.4, -0.2) is 38.7 Å². The number of nitrogens with one attached hydrogen (secondary N) is 2. The van der Waals surface area contributed by atoms with Crippen LogP contribution in [0.15, 0.2) is 6.20 Å². The van der Waals surface area contributed by atoms with Crippen molar-refractivity contribution in [1.82, 2.24) is 19.7 Å². The first-order valence-electron chi connectivity index (χ1n) is 8.89. The van der Waals surface area contributed by atoms with Gasteiger partial charge in [-0.05, 0) is 26.2 Å². The highest BCUT2D eigenvalue weighted by Crippen LogP contribution is 2.36. The molecule has 1 saturated carbocycles. The molecule has 0 aromatic carbocycles. The summed E-state index contributed by atoms with van der Waals surface area (Å²) in [6, 6.07) is 0.210. The number of ketones is 1. The number of rotatable bonds is 1. The molecule has 2 aromatic rings. The van der Waals surface area contributed by atoms with Gasteiger partial charge in [0.05, 0.1) is 24.5 Å². The molecule has 3 heterocycles. The molecule has 0 amide bonds. The number of ether oxygens (including phenoxy) is 1. The Morgan fingerprint density at radius 1 is 1.35 bits per heavy atom. The van der Waals surface area contributed by atoms with Gasteiger partial charge in [-0.1, -0.05) is 11.6 Å². The first-order valence-corrected chi connectivity index (χ1v) is 9.26. The molecule has 1 fully saturated rings. The number of nitrogens with zero attached hydrogens (tertiary/aromatic N) is 4. The molecule has 0 saturated heterocycles. The van der Waals surface area contributed by atoms with E-state index in [9.17, 15) is 4.79 Å². The minimum absolute atomic E-state index is 0.210. The Hall–Kier alpha value is -2.35. The number of fused-ring (bicyclic) bond motifs is 3. The summed E-state index contributed by atoms with van der Waals surface area (Å²) < 4.78 is 7.89. The lowest BCUT2D eigenvalue weighted by Gasteiger charge is -2.22. The van der Waals surface area contributed by atoms with Crippen molar-refractivity contribution in [2.45, 2.75) is 45.1 Å². The predicted octanol–water partition coefficient (Wildman–Crippen LogP) is 3.26. The van der Waals surface area contributed by atoms with Crippen LogP contribution in [0.25, 0.3) is 0 Å². The molecule has 1 aliphatic carbocycles. The van der Waals surface area contributed by atoms with Gasteiger partial charge in [0.2, 0.25) is 5.95 Å². The summed E-state index contributed by atoms with van der Waals surface area (Å²) in [4.78, 5) is 20.2. The van der Waals surface area contributed by atoms with E-state index >= 15 is 0 Å². The van der Waals surface area contributed by atoms with Crippen LogP contribution in [0, 0.1) is 6.92 Å². The Bertz CT molecular complexity index is 827. The van der Waals surface area contributed by atoms with Crippen LogP contribution in [0.1, 0.15) is 43.8 Å². The van der Waals surface area contributed by atoms with Crippen LogP contribution in [0.2, 0.25) is 5.02 Å². The van der Waals surface area contributed by atoms with Gasteiger partial charge in [0.1, 0.15) is 16.5 Å². The average molecular weight is 377 g/mol. The topological polar surface area (TPSA) is 94.0 Å². The Labute approximate surface area is 156 Å². The van der Waals surface area contributed by atoms with Crippen LogP contribution in [0.4, 0.5) is 17.5 Å². The molecular formula is C17H21ClN6O2. The van der Waals surface area contributed by atoms with Crippen LogP contribution in [0.5, 0.6) is 5.88 Å². The SMILES string of the molecule is Cc1c2c(nn1C1CCC(=O)CC1)OCCCNc1nc(ncc1Cl)N2. The van der Waals surface area contributed by atoms with Crippen molar-refractivity contribution in [3.8, 4) is 5.88 Å². The lowest BCUT2D eigenvalue weighted by Crippen LogP contribution is -2.20. The lowest BCUT2D eigenvalue weighted by atomic mass is 9.94. The molecule has 2 N–H and O–H groups in total.